The van der Waals surface area contributed by atoms with Gasteiger partial charge in [0.2, 0.25) is 5.95 Å². The second-order valence-electron chi connectivity index (χ2n) is 6.76. The van der Waals surface area contributed by atoms with Crippen LogP contribution in [0.3, 0.4) is 0 Å². The summed E-state index contributed by atoms with van der Waals surface area (Å²) in [4.78, 5) is 16.5. The smallest absolute Gasteiger partial charge is 0.293 e. The number of nitrogens with one attached hydrogen (secondary N) is 1. The van der Waals surface area contributed by atoms with Gasteiger partial charge in [-0.2, -0.15) is 5.10 Å². The van der Waals surface area contributed by atoms with E-state index in [9.17, 15) is 9.18 Å². The Morgan fingerprint density at radius 1 is 1.20 bits per heavy atom. The van der Waals surface area contributed by atoms with Crippen molar-refractivity contribution in [2.75, 3.05) is 5.32 Å². The molecule has 154 valence electrons. The Morgan fingerprint density at radius 2 is 2.03 bits per heavy atom. The lowest BCUT2D eigenvalue weighted by atomic mass is 10.2. The number of amides is 1. The highest BCUT2D eigenvalue weighted by atomic mass is 79.9. The van der Waals surface area contributed by atoms with Crippen LogP contribution in [0.2, 0.25) is 0 Å². The molecule has 0 bridgehead atoms. The van der Waals surface area contributed by atoms with Gasteiger partial charge in [-0.15, -0.1) is 5.10 Å². The summed E-state index contributed by atoms with van der Waals surface area (Å²) in [6.07, 6.45) is 1.47. The number of benzene rings is 1. The van der Waals surface area contributed by atoms with Gasteiger partial charge < -0.3 is 4.42 Å². The molecule has 8 nitrogen and oxygen atoms in total. The van der Waals surface area contributed by atoms with Gasteiger partial charge in [0.25, 0.3) is 5.91 Å². The number of hydrogen-bond acceptors (Lipinski definition) is 5. The number of carbonyl (C=O) groups is 1. The highest BCUT2D eigenvalue weighted by Gasteiger charge is 2.16. The van der Waals surface area contributed by atoms with Crippen molar-refractivity contribution in [2.45, 2.75) is 26.9 Å². The van der Waals surface area contributed by atoms with Crippen LogP contribution in [-0.2, 0) is 13.1 Å². The van der Waals surface area contributed by atoms with E-state index in [1.165, 1.54) is 23.1 Å². The molecule has 1 N–H and O–H groups in total. The van der Waals surface area contributed by atoms with Crippen LogP contribution in [0.5, 0.6) is 0 Å². The molecule has 10 heteroatoms. The lowest BCUT2D eigenvalue weighted by Crippen LogP contribution is -2.13. The summed E-state index contributed by atoms with van der Waals surface area (Å²) >= 11 is 3.49. The SMILES string of the molecule is Cc1nn(Cc2ccc(C(=O)Nc3ncn(Cc4cccc(F)c4)n3)o2)c(C)c1Br. The molecule has 4 aromatic rings. The fourth-order valence-electron chi connectivity index (χ4n) is 2.98. The minimum absolute atomic E-state index is 0.136. The highest BCUT2D eigenvalue weighted by molar-refractivity contribution is 9.10. The highest BCUT2D eigenvalue weighted by Crippen LogP contribution is 2.21. The van der Waals surface area contributed by atoms with Gasteiger partial charge in [0.15, 0.2) is 5.76 Å². The van der Waals surface area contributed by atoms with Gasteiger partial charge in [-0.25, -0.2) is 14.1 Å². The molecule has 1 amide bonds. The summed E-state index contributed by atoms with van der Waals surface area (Å²) in [6.45, 7) is 4.61. The minimum atomic E-state index is -0.459. The number of anilines is 1. The fourth-order valence-corrected chi connectivity index (χ4v) is 3.26. The largest absolute Gasteiger partial charge is 0.454 e. The number of furan rings is 1. The zero-order valence-electron chi connectivity index (χ0n) is 16.3. The molecule has 1 aromatic carbocycles. The average Bonchev–Trinajstić information content (AvgIpc) is 3.40. The maximum absolute atomic E-state index is 13.3. The van der Waals surface area contributed by atoms with E-state index in [0.717, 1.165) is 21.4 Å². The zero-order valence-corrected chi connectivity index (χ0v) is 17.9. The summed E-state index contributed by atoms with van der Waals surface area (Å²) in [7, 11) is 0. The number of aromatic nitrogens is 5. The minimum Gasteiger partial charge on any atom is -0.454 e. The predicted molar refractivity (Wildman–Crippen MR) is 111 cm³/mol. The van der Waals surface area contributed by atoms with Crippen molar-refractivity contribution in [3.63, 3.8) is 0 Å². The van der Waals surface area contributed by atoms with Gasteiger partial charge in [-0.05, 0) is 59.6 Å². The van der Waals surface area contributed by atoms with E-state index in [1.807, 2.05) is 13.8 Å². The molecule has 0 spiro atoms. The molecule has 30 heavy (non-hydrogen) atoms. The van der Waals surface area contributed by atoms with Gasteiger partial charge in [0, 0.05) is 0 Å². The Hall–Kier alpha value is -3.27. The van der Waals surface area contributed by atoms with E-state index in [2.05, 4.69) is 36.4 Å². The summed E-state index contributed by atoms with van der Waals surface area (Å²) in [5.74, 6) is 0.105. The average molecular weight is 473 g/mol. The van der Waals surface area contributed by atoms with Crippen LogP contribution in [-0.4, -0.2) is 30.5 Å². The molecular weight excluding hydrogens is 455 g/mol. The number of hydrogen-bond donors (Lipinski definition) is 1. The van der Waals surface area contributed by atoms with E-state index in [-0.39, 0.29) is 17.5 Å². The van der Waals surface area contributed by atoms with E-state index >= 15 is 0 Å². The first-order chi connectivity index (χ1) is 14.4. The number of halogens is 2. The molecule has 0 atom stereocenters. The van der Waals surface area contributed by atoms with E-state index in [1.54, 1.807) is 28.9 Å². The number of rotatable bonds is 6. The zero-order chi connectivity index (χ0) is 21.3. The van der Waals surface area contributed by atoms with Crippen LogP contribution in [0, 0.1) is 19.7 Å². The van der Waals surface area contributed by atoms with Crippen LogP contribution in [0.4, 0.5) is 10.3 Å². The third-order valence-corrected chi connectivity index (χ3v) is 5.63. The Morgan fingerprint density at radius 3 is 2.77 bits per heavy atom. The predicted octanol–water partition coefficient (Wildman–Crippen LogP) is 3.93. The van der Waals surface area contributed by atoms with Gasteiger partial charge in [0.1, 0.15) is 17.9 Å². The van der Waals surface area contributed by atoms with Crippen molar-refractivity contribution < 1.29 is 13.6 Å². The van der Waals surface area contributed by atoms with Crippen molar-refractivity contribution in [3.8, 4) is 0 Å². The van der Waals surface area contributed by atoms with Crippen LogP contribution in [0.15, 0.2) is 51.6 Å². The van der Waals surface area contributed by atoms with Crippen LogP contribution < -0.4 is 5.32 Å². The molecular formula is C20H18BrFN6O2. The summed E-state index contributed by atoms with van der Waals surface area (Å²) in [6, 6.07) is 9.54. The molecule has 0 saturated heterocycles. The maximum Gasteiger partial charge on any atom is 0.293 e. The first kappa shape index (κ1) is 20.0. The molecule has 0 fully saturated rings. The van der Waals surface area contributed by atoms with Gasteiger partial charge in [0.05, 0.1) is 29.0 Å². The second-order valence-corrected chi connectivity index (χ2v) is 7.55. The molecule has 0 radical (unpaired) electrons. The van der Waals surface area contributed by atoms with Crippen LogP contribution in [0.25, 0.3) is 0 Å². The number of aryl methyl sites for hydroxylation is 1. The van der Waals surface area contributed by atoms with Crippen molar-refractivity contribution in [2.24, 2.45) is 0 Å². The Kier molecular flexibility index (Phi) is 5.49. The quantitative estimate of drug-likeness (QED) is 0.458. The number of carbonyl (C=O) groups excluding carboxylic acids is 1. The lowest BCUT2D eigenvalue weighted by Gasteiger charge is -2.02. The lowest BCUT2D eigenvalue weighted by molar-refractivity contribution is 0.0993. The van der Waals surface area contributed by atoms with Gasteiger partial charge in [-0.1, -0.05) is 12.1 Å². The second kappa shape index (κ2) is 8.23. The molecule has 3 aromatic heterocycles. The van der Waals surface area contributed by atoms with Gasteiger partial charge in [-0.3, -0.25) is 14.8 Å². The fraction of sp³-hybridized carbons (Fsp3) is 0.200. The molecule has 0 saturated carbocycles. The van der Waals surface area contributed by atoms with E-state index in [0.29, 0.717) is 18.8 Å². The van der Waals surface area contributed by atoms with Crippen molar-refractivity contribution in [1.29, 1.82) is 0 Å². The molecule has 4 rings (SSSR count). The topological polar surface area (TPSA) is 90.8 Å². The standard InChI is InChI=1S/C20H18BrFN6O2/c1-12-18(21)13(2)28(25-12)10-16-6-7-17(30-16)19(29)24-20-23-11-27(26-20)9-14-4-3-5-15(22)8-14/h3-8,11H,9-10H2,1-2H3,(H,24,26,29). The first-order valence-electron chi connectivity index (χ1n) is 9.12. The number of nitrogens with zero attached hydrogens (tertiary/aromatic N) is 5. The maximum atomic E-state index is 13.3. The molecule has 0 unspecified atom stereocenters. The first-order valence-corrected chi connectivity index (χ1v) is 9.92. The summed E-state index contributed by atoms with van der Waals surface area (Å²) in [5.41, 5.74) is 2.60. The summed E-state index contributed by atoms with van der Waals surface area (Å²) in [5, 5.41) is 11.2. The molecule has 0 aliphatic carbocycles. The van der Waals surface area contributed by atoms with Crippen molar-refractivity contribution >= 4 is 27.8 Å². The normalized spacial score (nSPS) is 11.1. The Balaban J connectivity index is 1.40. The van der Waals surface area contributed by atoms with Crippen molar-refractivity contribution in [1.82, 2.24) is 24.5 Å². The third kappa shape index (κ3) is 4.33. The Labute approximate surface area is 179 Å². The summed E-state index contributed by atoms with van der Waals surface area (Å²) < 4.78 is 23.2. The van der Waals surface area contributed by atoms with Gasteiger partial charge >= 0.3 is 0 Å². The van der Waals surface area contributed by atoms with Crippen LogP contribution in [0.1, 0.15) is 33.3 Å². The van der Waals surface area contributed by atoms with E-state index < -0.39 is 5.91 Å². The van der Waals surface area contributed by atoms with E-state index in [4.69, 9.17) is 4.42 Å². The molecule has 3 heterocycles. The Bertz CT molecular complexity index is 1210. The van der Waals surface area contributed by atoms with Crippen LogP contribution >= 0.6 is 15.9 Å². The third-order valence-electron chi connectivity index (χ3n) is 4.48. The molecule has 0 aliphatic rings. The van der Waals surface area contributed by atoms with Crippen molar-refractivity contribution in [3.05, 3.63) is 81.5 Å². The molecule has 0 aliphatic heterocycles. The monoisotopic (exact) mass is 472 g/mol.